The van der Waals surface area contributed by atoms with Crippen molar-refractivity contribution in [3.05, 3.63) is 23.7 Å². The Labute approximate surface area is 118 Å². The van der Waals surface area contributed by atoms with Crippen LogP contribution in [-0.4, -0.2) is 35.0 Å². The number of amides is 1. The predicted octanol–water partition coefficient (Wildman–Crippen LogP) is 1.26. The summed E-state index contributed by atoms with van der Waals surface area (Å²) in [5.74, 6) is 2.15. The number of furan rings is 1. The van der Waals surface area contributed by atoms with E-state index in [0.29, 0.717) is 30.2 Å². The van der Waals surface area contributed by atoms with E-state index in [1.54, 1.807) is 6.07 Å². The Morgan fingerprint density at radius 3 is 2.55 bits per heavy atom. The molecule has 0 atom stereocenters. The van der Waals surface area contributed by atoms with Crippen LogP contribution in [0.1, 0.15) is 37.2 Å². The van der Waals surface area contributed by atoms with Crippen molar-refractivity contribution in [2.24, 2.45) is 5.92 Å². The van der Waals surface area contributed by atoms with Gasteiger partial charge in [-0.25, -0.2) is 0 Å². The first kappa shape index (κ1) is 13.6. The van der Waals surface area contributed by atoms with Gasteiger partial charge in [0.05, 0.1) is 6.54 Å². The molecule has 2 fully saturated rings. The molecule has 2 aliphatic rings. The lowest BCUT2D eigenvalue weighted by atomic mass is 10.0. The molecule has 0 radical (unpaired) electrons. The number of aliphatic hydroxyl groups excluding tert-OH is 1. The van der Waals surface area contributed by atoms with E-state index < -0.39 is 0 Å². The van der Waals surface area contributed by atoms with Gasteiger partial charge in [0.25, 0.3) is 0 Å². The Morgan fingerprint density at radius 2 is 1.95 bits per heavy atom. The van der Waals surface area contributed by atoms with Gasteiger partial charge in [-0.05, 0) is 37.8 Å². The Morgan fingerprint density at radius 1 is 1.25 bits per heavy atom. The maximum Gasteiger partial charge on any atom is 0.225 e. The zero-order chi connectivity index (χ0) is 13.9. The van der Waals surface area contributed by atoms with Crippen LogP contribution >= 0.6 is 0 Å². The van der Waals surface area contributed by atoms with Crippen LogP contribution < -0.4 is 5.32 Å². The maximum absolute atomic E-state index is 11.9. The van der Waals surface area contributed by atoms with Crippen LogP contribution in [-0.2, 0) is 17.9 Å². The predicted molar refractivity (Wildman–Crippen MR) is 73.8 cm³/mol. The van der Waals surface area contributed by atoms with Gasteiger partial charge in [0, 0.05) is 25.0 Å². The minimum Gasteiger partial charge on any atom is -0.462 e. The highest BCUT2D eigenvalue weighted by molar-refractivity contribution is 5.81. The van der Waals surface area contributed by atoms with Gasteiger partial charge in [0.1, 0.15) is 18.1 Å². The minimum atomic E-state index is -0.0539. The second-order valence-electron chi connectivity index (χ2n) is 5.78. The van der Waals surface area contributed by atoms with E-state index in [0.717, 1.165) is 44.5 Å². The molecule has 0 aromatic carbocycles. The van der Waals surface area contributed by atoms with Crippen molar-refractivity contribution in [2.45, 2.75) is 44.9 Å². The molecule has 5 nitrogen and oxygen atoms in total. The van der Waals surface area contributed by atoms with Gasteiger partial charge in [-0.2, -0.15) is 0 Å². The summed E-state index contributed by atoms with van der Waals surface area (Å²) in [6.07, 6.45) is 4.18. The fourth-order valence-electron chi connectivity index (χ4n) is 2.74. The zero-order valence-electron chi connectivity index (χ0n) is 11.7. The van der Waals surface area contributed by atoms with Gasteiger partial charge in [0.2, 0.25) is 5.91 Å². The average molecular weight is 278 g/mol. The molecule has 2 heterocycles. The summed E-state index contributed by atoms with van der Waals surface area (Å²) >= 11 is 0. The molecule has 0 bridgehead atoms. The van der Waals surface area contributed by atoms with Gasteiger partial charge < -0.3 is 19.7 Å². The highest BCUT2D eigenvalue weighted by Gasteiger charge is 2.34. The van der Waals surface area contributed by atoms with E-state index in [1.807, 2.05) is 11.0 Å². The third-order valence-electron chi connectivity index (χ3n) is 4.17. The monoisotopic (exact) mass is 278 g/mol. The lowest BCUT2D eigenvalue weighted by Gasteiger charge is -2.32. The van der Waals surface area contributed by atoms with Crippen molar-refractivity contribution < 1.29 is 14.3 Å². The van der Waals surface area contributed by atoms with Crippen LogP contribution in [0.2, 0.25) is 0 Å². The first-order valence-corrected chi connectivity index (χ1v) is 7.47. The molecule has 1 amide bonds. The smallest absolute Gasteiger partial charge is 0.225 e. The average Bonchev–Trinajstić information content (AvgIpc) is 3.24. The topological polar surface area (TPSA) is 65.7 Å². The third-order valence-corrected chi connectivity index (χ3v) is 4.17. The van der Waals surface area contributed by atoms with Crippen molar-refractivity contribution in [3.63, 3.8) is 0 Å². The lowest BCUT2D eigenvalue weighted by molar-refractivity contribution is -0.133. The first-order valence-electron chi connectivity index (χ1n) is 7.47. The second kappa shape index (κ2) is 5.97. The Balaban J connectivity index is 1.40. The number of hydrogen-bond donors (Lipinski definition) is 2. The van der Waals surface area contributed by atoms with Gasteiger partial charge in [0.15, 0.2) is 0 Å². The number of likely N-dealkylation sites (tertiary alicyclic amines) is 1. The van der Waals surface area contributed by atoms with Gasteiger partial charge in [-0.3, -0.25) is 4.79 Å². The fraction of sp³-hybridized carbons (Fsp3) is 0.667. The molecule has 1 aromatic heterocycles. The van der Waals surface area contributed by atoms with Crippen LogP contribution in [0.15, 0.2) is 16.5 Å². The summed E-state index contributed by atoms with van der Waals surface area (Å²) in [4.78, 5) is 14.0. The number of aliphatic hydroxyl groups is 1. The Kier molecular flexibility index (Phi) is 4.08. The van der Waals surface area contributed by atoms with Crippen LogP contribution in [0.5, 0.6) is 0 Å². The Hall–Kier alpha value is -1.33. The third kappa shape index (κ3) is 3.22. The Bertz CT molecular complexity index is 459. The highest BCUT2D eigenvalue weighted by Crippen LogP contribution is 2.31. The summed E-state index contributed by atoms with van der Waals surface area (Å²) in [5.41, 5.74) is 0. The first-order chi connectivity index (χ1) is 9.76. The van der Waals surface area contributed by atoms with Crippen molar-refractivity contribution in [3.8, 4) is 0 Å². The molecule has 1 aliphatic heterocycles. The van der Waals surface area contributed by atoms with Crippen LogP contribution in [0.3, 0.4) is 0 Å². The molecule has 0 unspecified atom stereocenters. The number of hydrogen-bond acceptors (Lipinski definition) is 4. The molecule has 1 saturated carbocycles. The van der Waals surface area contributed by atoms with E-state index in [1.165, 1.54) is 0 Å². The van der Waals surface area contributed by atoms with Crippen molar-refractivity contribution in [2.75, 3.05) is 13.1 Å². The molecule has 1 saturated heterocycles. The molecular weight excluding hydrogens is 256 g/mol. The van der Waals surface area contributed by atoms with Gasteiger partial charge in [-0.1, -0.05) is 0 Å². The molecule has 1 aromatic rings. The lowest BCUT2D eigenvalue weighted by Crippen LogP contribution is -2.45. The molecule has 3 rings (SSSR count). The van der Waals surface area contributed by atoms with Gasteiger partial charge in [-0.15, -0.1) is 0 Å². The van der Waals surface area contributed by atoms with E-state index in [4.69, 9.17) is 9.52 Å². The van der Waals surface area contributed by atoms with E-state index in [9.17, 15) is 4.79 Å². The molecule has 1 aliphatic carbocycles. The minimum absolute atomic E-state index is 0.0539. The summed E-state index contributed by atoms with van der Waals surface area (Å²) in [6.45, 7) is 2.36. The highest BCUT2D eigenvalue weighted by atomic mass is 16.4. The number of rotatable bonds is 5. The summed E-state index contributed by atoms with van der Waals surface area (Å²) < 4.78 is 5.45. The van der Waals surface area contributed by atoms with E-state index in [2.05, 4.69) is 5.32 Å². The summed E-state index contributed by atoms with van der Waals surface area (Å²) in [5, 5.41) is 12.4. The largest absolute Gasteiger partial charge is 0.462 e. The molecule has 2 N–H and O–H groups in total. The van der Waals surface area contributed by atoms with E-state index in [-0.39, 0.29) is 6.61 Å². The molecular formula is C15H22N2O3. The normalized spacial score (nSPS) is 20.4. The van der Waals surface area contributed by atoms with Crippen LogP contribution in [0.25, 0.3) is 0 Å². The number of nitrogens with one attached hydrogen (secondary N) is 1. The molecule has 0 spiro atoms. The van der Waals surface area contributed by atoms with E-state index >= 15 is 0 Å². The second-order valence-corrected chi connectivity index (χ2v) is 5.78. The number of carbonyl (C=O) groups excluding carboxylic acids is 1. The van der Waals surface area contributed by atoms with Crippen molar-refractivity contribution >= 4 is 5.91 Å². The number of carbonyl (C=O) groups is 1. The van der Waals surface area contributed by atoms with Crippen molar-refractivity contribution in [1.82, 2.24) is 10.2 Å². The standard InChI is InChI=1S/C15H22N2O3/c18-10-14-4-3-13(20-14)9-16-12-5-7-17(8-6-12)15(19)11-1-2-11/h3-4,11-12,16,18H,1-2,5-10H2. The maximum atomic E-state index is 11.9. The molecule has 110 valence electrons. The van der Waals surface area contributed by atoms with Gasteiger partial charge >= 0.3 is 0 Å². The number of piperidine rings is 1. The SMILES string of the molecule is O=C(C1CC1)N1CCC(NCc2ccc(CO)o2)CC1. The quantitative estimate of drug-likeness (QED) is 0.851. The fourth-order valence-corrected chi connectivity index (χ4v) is 2.74. The molecule has 5 heteroatoms. The summed E-state index contributed by atoms with van der Waals surface area (Å²) in [6, 6.07) is 4.14. The summed E-state index contributed by atoms with van der Waals surface area (Å²) in [7, 11) is 0. The van der Waals surface area contributed by atoms with Crippen molar-refractivity contribution in [1.29, 1.82) is 0 Å². The molecule has 20 heavy (non-hydrogen) atoms. The van der Waals surface area contributed by atoms with Crippen LogP contribution in [0, 0.1) is 5.92 Å². The number of nitrogens with zero attached hydrogens (tertiary/aromatic N) is 1. The zero-order valence-corrected chi connectivity index (χ0v) is 11.7. The van der Waals surface area contributed by atoms with Crippen LogP contribution in [0.4, 0.5) is 0 Å².